The molecule has 1 aromatic heterocycles. The Hall–Kier alpha value is -3.86. The second-order valence-corrected chi connectivity index (χ2v) is 7.44. The van der Waals surface area contributed by atoms with E-state index in [1.807, 2.05) is 36.1 Å². The van der Waals surface area contributed by atoms with Crippen molar-refractivity contribution in [3.05, 3.63) is 65.6 Å². The number of halogens is 1. The van der Waals surface area contributed by atoms with Gasteiger partial charge in [0.05, 0.1) is 6.61 Å². The summed E-state index contributed by atoms with van der Waals surface area (Å²) < 4.78 is 24.7. The second kappa shape index (κ2) is 9.52. The predicted molar refractivity (Wildman–Crippen MR) is 117 cm³/mol. The number of hydrogen-bond acceptors (Lipinski definition) is 6. The number of oxazole rings is 1. The molecule has 0 spiro atoms. The molecule has 1 saturated heterocycles. The van der Waals surface area contributed by atoms with E-state index in [0.29, 0.717) is 50.1 Å². The first-order valence-corrected chi connectivity index (χ1v) is 10.5. The van der Waals surface area contributed by atoms with E-state index in [0.717, 1.165) is 17.7 Å². The number of hydrogen-bond donors (Lipinski definition) is 0. The zero-order chi connectivity index (χ0) is 22.5. The highest BCUT2D eigenvalue weighted by Gasteiger charge is 2.27. The minimum Gasteiger partial charge on any atom is -0.494 e. The Bertz CT molecular complexity index is 1110. The van der Waals surface area contributed by atoms with Crippen molar-refractivity contribution in [3.8, 4) is 23.3 Å². The normalized spacial score (nSPS) is 13.7. The number of rotatable bonds is 6. The summed E-state index contributed by atoms with van der Waals surface area (Å²) in [6.45, 7) is 4.61. The molecule has 0 N–H and O–H groups in total. The van der Waals surface area contributed by atoms with Gasteiger partial charge in [0.2, 0.25) is 17.5 Å². The predicted octanol–water partition coefficient (Wildman–Crippen LogP) is 4.10. The van der Waals surface area contributed by atoms with Gasteiger partial charge in [0, 0.05) is 37.3 Å². The molecular weight excluding hydrogens is 411 g/mol. The summed E-state index contributed by atoms with van der Waals surface area (Å²) in [5.41, 5.74) is 1.41. The molecule has 1 amide bonds. The summed E-state index contributed by atoms with van der Waals surface area (Å²) in [4.78, 5) is 20.6. The lowest BCUT2D eigenvalue weighted by Gasteiger charge is -2.34. The SMILES string of the molecule is CCCOc1ccc(-c2nc(C#N)c(N3CCN(C(=O)c4ccc(F)cc4)CC3)o2)cc1. The fraction of sp³-hybridized carbons (Fsp3) is 0.292. The standard InChI is InChI=1S/C24H23FN4O3/c1-2-15-31-20-9-5-17(6-10-20)22-27-21(16-26)24(32-22)29-13-11-28(12-14-29)23(30)18-3-7-19(25)8-4-18/h3-10H,2,11-15H2,1H3. The highest BCUT2D eigenvalue weighted by molar-refractivity contribution is 5.94. The molecule has 2 aromatic carbocycles. The van der Waals surface area contributed by atoms with Gasteiger partial charge in [-0.2, -0.15) is 10.2 Å². The molecule has 1 aliphatic heterocycles. The second-order valence-electron chi connectivity index (χ2n) is 7.44. The van der Waals surface area contributed by atoms with Gasteiger partial charge in [0.15, 0.2) is 0 Å². The van der Waals surface area contributed by atoms with Crippen LogP contribution in [0.1, 0.15) is 29.4 Å². The van der Waals surface area contributed by atoms with Crippen LogP contribution in [0.4, 0.5) is 10.3 Å². The highest BCUT2D eigenvalue weighted by Crippen LogP contribution is 2.30. The molecule has 0 unspecified atom stereocenters. The van der Waals surface area contributed by atoms with Crippen LogP contribution in [0.25, 0.3) is 11.5 Å². The number of carbonyl (C=O) groups excluding carboxylic acids is 1. The number of piperazine rings is 1. The summed E-state index contributed by atoms with van der Waals surface area (Å²) in [6.07, 6.45) is 0.930. The van der Waals surface area contributed by atoms with E-state index in [9.17, 15) is 14.4 Å². The van der Waals surface area contributed by atoms with Crippen molar-refractivity contribution in [2.45, 2.75) is 13.3 Å². The van der Waals surface area contributed by atoms with Crippen LogP contribution in [0.2, 0.25) is 0 Å². The monoisotopic (exact) mass is 434 g/mol. The molecule has 0 radical (unpaired) electrons. The minimum atomic E-state index is -0.375. The molecule has 32 heavy (non-hydrogen) atoms. The van der Waals surface area contributed by atoms with E-state index >= 15 is 0 Å². The number of ether oxygens (including phenoxy) is 1. The number of benzene rings is 2. The molecule has 1 aliphatic rings. The number of carbonyl (C=O) groups is 1. The average Bonchev–Trinajstić information content (AvgIpc) is 3.28. The fourth-order valence-electron chi connectivity index (χ4n) is 3.52. The molecule has 4 rings (SSSR count). The lowest BCUT2D eigenvalue weighted by atomic mass is 10.2. The maximum absolute atomic E-state index is 13.1. The van der Waals surface area contributed by atoms with Crippen molar-refractivity contribution in [1.29, 1.82) is 5.26 Å². The largest absolute Gasteiger partial charge is 0.494 e. The van der Waals surface area contributed by atoms with Gasteiger partial charge >= 0.3 is 0 Å². The Morgan fingerprint density at radius 2 is 1.81 bits per heavy atom. The smallest absolute Gasteiger partial charge is 0.253 e. The van der Waals surface area contributed by atoms with Crippen molar-refractivity contribution in [2.75, 3.05) is 37.7 Å². The molecule has 0 saturated carbocycles. The first-order chi connectivity index (χ1) is 15.6. The van der Waals surface area contributed by atoms with Crippen LogP contribution in [0.5, 0.6) is 5.75 Å². The summed E-state index contributed by atoms with van der Waals surface area (Å²) in [7, 11) is 0. The molecule has 1 fully saturated rings. The maximum Gasteiger partial charge on any atom is 0.253 e. The third-order valence-electron chi connectivity index (χ3n) is 5.23. The van der Waals surface area contributed by atoms with E-state index in [4.69, 9.17) is 9.15 Å². The Morgan fingerprint density at radius 1 is 1.12 bits per heavy atom. The van der Waals surface area contributed by atoms with Crippen molar-refractivity contribution < 1.29 is 18.3 Å². The highest BCUT2D eigenvalue weighted by atomic mass is 19.1. The molecule has 7 nitrogen and oxygen atoms in total. The average molecular weight is 434 g/mol. The number of anilines is 1. The Morgan fingerprint density at radius 3 is 2.44 bits per heavy atom. The fourth-order valence-corrected chi connectivity index (χ4v) is 3.52. The molecule has 164 valence electrons. The van der Waals surface area contributed by atoms with Crippen molar-refractivity contribution >= 4 is 11.8 Å². The van der Waals surface area contributed by atoms with Gasteiger partial charge in [-0.25, -0.2) is 4.39 Å². The molecule has 0 aliphatic carbocycles. The first-order valence-electron chi connectivity index (χ1n) is 10.5. The Labute approximate surface area is 185 Å². The summed E-state index contributed by atoms with van der Waals surface area (Å²) in [5, 5.41) is 9.55. The van der Waals surface area contributed by atoms with E-state index in [1.165, 1.54) is 24.3 Å². The van der Waals surface area contributed by atoms with Gasteiger partial charge < -0.3 is 19.0 Å². The summed E-state index contributed by atoms with van der Waals surface area (Å²) >= 11 is 0. The van der Waals surface area contributed by atoms with Crippen LogP contribution in [0.3, 0.4) is 0 Å². The summed E-state index contributed by atoms with van der Waals surface area (Å²) in [5.74, 6) is 1.02. The van der Waals surface area contributed by atoms with E-state index in [2.05, 4.69) is 11.1 Å². The van der Waals surface area contributed by atoms with Crippen LogP contribution in [0.15, 0.2) is 52.9 Å². The van der Waals surface area contributed by atoms with Crippen LogP contribution >= 0.6 is 0 Å². The number of nitrogens with zero attached hydrogens (tertiary/aromatic N) is 4. The summed E-state index contributed by atoms with van der Waals surface area (Å²) in [6, 6.07) is 15.0. The maximum atomic E-state index is 13.1. The molecular formula is C24H23FN4O3. The van der Waals surface area contributed by atoms with Gasteiger partial charge in [-0.1, -0.05) is 6.92 Å². The third kappa shape index (κ3) is 4.57. The molecule has 8 heteroatoms. The van der Waals surface area contributed by atoms with Gasteiger partial charge in [-0.05, 0) is 55.0 Å². The lowest BCUT2D eigenvalue weighted by Crippen LogP contribution is -2.48. The van der Waals surface area contributed by atoms with E-state index < -0.39 is 0 Å². The zero-order valence-corrected chi connectivity index (χ0v) is 17.8. The number of aromatic nitrogens is 1. The number of amides is 1. The van der Waals surface area contributed by atoms with Crippen LogP contribution in [-0.2, 0) is 0 Å². The van der Waals surface area contributed by atoms with Gasteiger partial charge in [-0.15, -0.1) is 0 Å². The molecule has 3 aromatic rings. The zero-order valence-electron chi connectivity index (χ0n) is 17.8. The molecule has 2 heterocycles. The number of nitriles is 1. The van der Waals surface area contributed by atoms with Crippen LogP contribution in [-0.4, -0.2) is 48.6 Å². The Balaban J connectivity index is 1.44. The van der Waals surface area contributed by atoms with Crippen molar-refractivity contribution in [3.63, 3.8) is 0 Å². The van der Waals surface area contributed by atoms with E-state index in [1.54, 1.807) is 4.90 Å². The quantitative estimate of drug-likeness (QED) is 0.581. The molecule has 0 atom stereocenters. The van der Waals surface area contributed by atoms with Gasteiger partial charge in [0.1, 0.15) is 17.6 Å². The minimum absolute atomic E-state index is 0.145. The van der Waals surface area contributed by atoms with Crippen LogP contribution in [0, 0.1) is 17.1 Å². The van der Waals surface area contributed by atoms with Crippen LogP contribution < -0.4 is 9.64 Å². The third-order valence-corrected chi connectivity index (χ3v) is 5.23. The Kier molecular flexibility index (Phi) is 6.36. The van der Waals surface area contributed by atoms with E-state index in [-0.39, 0.29) is 17.4 Å². The molecule has 0 bridgehead atoms. The van der Waals surface area contributed by atoms with Gasteiger partial charge in [-0.3, -0.25) is 4.79 Å². The van der Waals surface area contributed by atoms with Gasteiger partial charge in [0.25, 0.3) is 5.91 Å². The van der Waals surface area contributed by atoms with Crippen molar-refractivity contribution in [2.24, 2.45) is 0 Å². The first kappa shape index (κ1) is 21.4. The lowest BCUT2D eigenvalue weighted by molar-refractivity contribution is 0.0745. The topological polar surface area (TPSA) is 82.6 Å². The van der Waals surface area contributed by atoms with Crippen molar-refractivity contribution in [1.82, 2.24) is 9.88 Å².